The van der Waals surface area contributed by atoms with E-state index in [0.29, 0.717) is 0 Å². The molecule has 0 aliphatic carbocycles. The van der Waals surface area contributed by atoms with Gasteiger partial charge in [0.2, 0.25) is 0 Å². The lowest BCUT2D eigenvalue weighted by Crippen LogP contribution is -2.36. The summed E-state index contributed by atoms with van der Waals surface area (Å²) < 4.78 is 0. The number of anilines is 1. The molecule has 3 heterocycles. The zero-order valence-corrected chi connectivity index (χ0v) is 12.0. The van der Waals surface area contributed by atoms with Crippen LogP contribution in [0.1, 0.15) is 25.0 Å². The van der Waals surface area contributed by atoms with E-state index >= 15 is 0 Å². The smallest absolute Gasteiger partial charge is 0.0564 e. The van der Waals surface area contributed by atoms with Crippen LogP contribution in [0, 0.1) is 0 Å². The van der Waals surface area contributed by atoms with E-state index in [9.17, 15) is 0 Å². The van der Waals surface area contributed by atoms with Gasteiger partial charge in [-0.15, -0.1) is 0 Å². The van der Waals surface area contributed by atoms with Crippen molar-refractivity contribution in [3.05, 3.63) is 24.0 Å². The number of nitrogens with one attached hydrogen (secondary N) is 1. The van der Waals surface area contributed by atoms with Gasteiger partial charge in [0.05, 0.1) is 5.69 Å². The molecule has 2 aliphatic heterocycles. The van der Waals surface area contributed by atoms with Crippen LogP contribution in [0.3, 0.4) is 0 Å². The first-order valence-electron chi connectivity index (χ1n) is 7.33. The minimum Gasteiger partial charge on any atom is -0.388 e. The van der Waals surface area contributed by atoms with Gasteiger partial charge in [0, 0.05) is 50.6 Å². The zero-order valence-electron chi connectivity index (χ0n) is 12.0. The van der Waals surface area contributed by atoms with Gasteiger partial charge in [-0.1, -0.05) is 0 Å². The molecule has 1 N–H and O–H groups in total. The number of hydrogen-bond acceptors (Lipinski definition) is 4. The van der Waals surface area contributed by atoms with Gasteiger partial charge in [-0.2, -0.15) is 0 Å². The number of hydrogen-bond donors (Lipinski definition) is 1. The normalized spacial score (nSPS) is 28.3. The second kappa shape index (κ2) is 5.47. The molecule has 0 aromatic carbocycles. The molecular formula is C15H24N4. The van der Waals surface area contributed by atoms with E-state index in [1.807, 2.05) is 19.3 Å². The molecule has 4 nitrogen and oxygen atoms in total. The highest BCUT2D eigenvalue weighted by atomic mass is 15.3. The quantitative estimate of drug-likeness (QED) is 0.898. The molecule has 2 saturated heterocycles. The minimum absolute atomic E-state index is 0.750. The molecule has 2 aliphatic rings. The van der Waals surface area contributed by atoms with Gasteiger partial charge in [-0.05, 0) is 38.4 Å². The molecule has 2 fully saturated rings. The van der Waals surface area contributed by atoms with Gasteiger partial charge in [0.25, 0.3) is 0 Å². The molecule has 0 radical (unpaired) electrons. The summed E-state index contributed by atoms with van der Waals surface area (Å²) >= 11 is 0. The Morgan fingerprint density at radius 3 is 3.00 bits per heavy atom. The van der Waals surface area contributed by atoms with Crippen LogP contribution in [0.4, 0.5) is 5.69 Å². The van der Waals surface area contributed by atoms with Crippen molar-refractivity contribution in [2.24, 2.45) is 0 Å². The summed E-state index contributed by atoms with van der Waals surface area (Å²) in [6.07, 6.45) is 5.96. The third kappa shape index (κ3) is 2.74. The molecule has 0 saturated carbocycles. The molecule has 104 valence electrons. The summed E-state index contributed by atoms with van der Waals surface area (Å²) in [6.45, 7) is 3.38. The fourth-order valence-electron chi connectivity index (χ4n) is 3.47. The molecule has 4 heteroatoms. The molecule has 2 atom stereocenters. The number of fused-ring (bicyclic) bond motifs is 2. The Labute approximate surface area is 115 Å². The minimum atomic E-state index is 0.750. The third-order valence-electron chi connectivity index (χ3n) is 4.72. The highest BCUT2D eigenvalue weighted by molar-refractivity contribution is 5.42. The van der Waals surface area contributed by atoms with E-state index in [2.05, 4.69) is 33.2 Å². The van der Waals surface area contributed by atoms with Crippen LogP contribution >= 0.6 is 0 Å². The van der Waals surface area contributed by atoms with Gasteiger partial charge >= 0.3 is 0 Å². The molecular weight excluding hydrogens is 236 g/mol. The van der Waals surface area contributed by atoms with E-state index in [4.69, 9.17) is 0 Å². The zero-order chi connectivity index (χ0) is 13.2. The molecule has 1 aromatic rings. The lowest BCUT2D eigenvalue weighted by Gasteiger charge is -2.25. The summed E-state index contributed by atoms with van der Waals surface area (Å²) in [5.41, 5.74) is 2.32. The Morgan fingerprint density at radius 1 is 1.32 bits per heavy atom. The van der Waals surface area contributed by atoms with Crippen LogP contribution in [-0.4, -0.2) is 54.1 Å². The van der Waals surface area contributed by atoms with E-state index in [-0.39, 0.29) is 0 Å². The Bertz CT molecular complexity index is 434. The largest absolute Gasteiger partial charge is 0.388 e. The van der Waals surface area contributed by atoms with Gasteiger partial charge < -0.3 is 5.32 Å². The van der Waals surface area contributed by atoms with Crippen molar-refractivity contribution >= 4 is 5.69 Å². The van der Waals surface area contributed by atoms with E-state index in [1.54, 1.807) is 0 Å². The maximum absolute atomic E-state index is 4.50. The second-order valence-electron chi connectivity index (χ2n) is 5.86. The molecule has 19 heavy (non-hydrogen) atoms. The van der Waals surface area contributed by atoms with Crippen molar-refractivity contribution in [1.82, 2.24) is 14.8 Å². The summed E-state index contributed by atoms with van der Waals surface area (Å²) in [4.78, 5) is 9.66. The summed E-state index contributed by atoms with van der Waals surface area (Å²) in [7, 11) is 4.25. The Morgan fingerprint density at radius 2 is 2.16 bits per heavy atom. The van der Waals surface area contributed by atoms with Crippen molar-refractivity contribution in [3.8, 4) is 0 Å². The third-order valence-corrected chi connectivity index (χ3v) is 4.72. The molecule has 2 unspecified atom stereocenters. The van der Waals surface area contributed by atoms with E-state index in [1.165, 1.54) is 38.0 Å². The Balaban J connectivity index is 1.66. The van der Waals surface area contributed by atoms with Gasteiger partial charge in [-0.25, -0.2) is 0 Å². The summed E-state index contributed by atoms with van der Waals surface area (Å²) in [5.74, 6) is 0. The van der Waals surface area contributed by atoms with Crippen molar-refractivity contribution < 1.29 is 0 Å². The van der Waals surface area contributed by atoms with Gasteiger partial charge in [0.1, 0.15) is 0 Å². The topological polar surface area (TPSA) is 31.4 Å². The first-order valence-corrected chi connectivity index (χ1v) is 7.33. The lowest BCUT2D eigenvalue weighted by atomic mass is 10.1. The lowest BCUT2D eigenvalue weighted by molar-refractivity contribution is 0.213. The standard InChI is InChI=1S/C15H24N4/c1-16-12-5-7-17-13(9-12)10-19-8-6-14-3-4-15(11-19)18(14)2/h5,7,9,14-15H,3-4,6,8,10-11H2,1-2H3,(H,16,17). The molecule has 2 bridgehead atoms. The van der Waals surface area contributed by atoms with Gasteiger partial charge in [-0.3, -0.25) is 14.8 Å². The van der Waals surface area contributed by atoms with Crippen LogP contribution in [0.5, 0.6) is 0 Å². The summed E-state index contributed by atoms with van der Waals surface area (Å²) in [6, 6.07) is 5.74. The Hall–Kier alpha value is -1.13. The average molecular weight is 260 g/mol. The monoisotopic (exact) mass is 260 g/mol. The molecule has 3 rings (SSSR count). The average Bonchev–Trinajstić information content (AvgIpc) is 2.67. The van der Waals surface area contributed by atoms with Crippen molar-refractivity contribution in [1.29, 1.82) is 0 Å². The number of rotatable bonds is 3. The molecule has 0 spiro atoms. The van der Waals surface area contributed by atoms with Crippen LogP contribution in [0.2, 0.25) is 0 Å². The number of pyridine rings is 1. The predicted octanol–water partition coefficient (Wildman–Crippen LogP) is 1.79. The molecule has 0 amide bonds. The fraction of sp³-hybridized carbons (Fsp3) is 0.667. The van der Waals surface area contributed by atoms with E-state index in [0.717, 1.165) is 24.3 Å². The van der Waals surface area contributed by atoms with Crippen LogP contribution in [0.15, 0.2) is 18.3 Å². The van der Waals surface area contributed by atoms with Crippen molar-refractivity contribution in [3.63, 3.8) is 0 Å². The molecule has 1 aromatic heterocycles. The van der Waals surface area contributed by atoms with Crippen LogP contribution in [0.25, 0.3) is 0 Å². The Kier molecular flexibility index (Phi) is 3.71. The maximum Gasteiger partial charge on any atom is 0.0564 e. The second-order valence-corrected chi connectivity index (χ2v) is 5.86. The van der Waals surface area contributed by atoms with Crippen LogP contribution in [-0.2, 0) is 6.54 Å². The van der Waals surface area contributed by atoms with Crippen LogP contribution < -0.4 is 5.32 Å². The first-order chi connectivity index (χ1) is 9.26. The predicted molar refractivity (Wildman–Crippen MR) is 78.3 cm³/mol. The van der Waals surface area contributed by atoms with Crippen molar-refractivity contribution in [2.75, 3.05) is 32.5 Å². The van der Waals surface area contributed by atoms with Gasteiger partial charge in [0.15, 0.2) is 0 Å². The maximum atomic E-state index is 4.50. The summed E-state index contributed by atoms with van der Waals surface area (Å²) in [5, 5.41) is 3.18. The highest BCUT2D eigenvalue weighted by Crippen LogP contribution is 2.28. The fourth-order valence-corrected chi connectivity index (χ4v) is 3.47. The SMILES string of the molecule is CNc1ccnc(CN2CCC3CCC(C2)N3C)c1. The van der Waals surface area contributed by atoms with E-state index < -0.39 is 0 Å². The number of likely N-dealkylation sites (N-methyl/N-ethyl adjacent to an activating group) is 1. The number of likely N-dealkylation sites (tertiary alicyclic amines) is 1. The number of aromatic nitrogens is 1. The number of nitrogens with zero attached hydrogens (tertiary/aromatic N) is 3. The first kappa shape index (κ1) is 12.9. The van der Waals surface area contributed by atoms with Crippen molar-refractivity contribution in [2.45, 2.75) is 37.9 Å². The highest BCUT2D eigenvalue weighted by Gasteiger charge is 2.34.